The van der Waals surface area contributed by atoms with Gasteiger partial charge in [0.1, 0.15) is 5.75 Å². The van der Waals surface area contributed by atoms with E-state index in [1.165, 1.54) is 0 Å². The summed E-state index contributed by atoms with van der Waals surface area (Å²) in [7, 11) is 1.66. The number of nitrogens with two attached hydrogens (primary N) is 1. The van der Waals surface area contributed by atoms with Gasteiger partial charge >= 0.3 is 0 Å². The van der Waals surface area contributed by atoms with Gasteiger partial charge in [0.05, 0.1) is 12.6 Å². The summed E-state index contributed by atoms with van der Waals surface area (Å²) in [5.74, 6) is 0.845. The normalized spacial score (nSPS) is 14.1. The van der Waals surface area contributed by atoms with Crippen LogP contribution in [0.3, 0.4) is 0 Å². The third-order valence-corrected chi connectivity index (χ3v) is 3.06. The van der Waals surface area contributed by atoms with Gasteiger partial charge in [0.25, 0.3) is 0 Å². The van der Waals surface area contributed by atoms with Crippen molar-refractivity contribution in [3.8, 4) is 5.75 Å². The fourth-order valence-electron chi connectivity index (χ4n) is 1.89. The molecule has 0 radical (unpaired) electrons. The van der Waals surface area contributed by atoms with Gasteiger partial charge in [-0.05, 0) is 30.2 Å². The van der Waals surface area contributed by atoms with Gasteiger partial charge in [-0.2, -0.15) is 0 Å². The second-order valence-electron chi connectivity index (χ2n) is 4.30. The lowest BCUT2D eigenvalue weighted by atomic mass is 9.86. The number of rotatable bonds is 3. The average Bonchev–Trinajstić information content (AvgIpc) is 2.40. The third-order valence-electron chi connectivity index (χ3n) is 3.06. The van der Waals surface area contributed by atoms with E-state index in [1.807, 2.05) is 61.5 Å². The van der Waals surface area contributed by atoms with Gasteiger partial charge < -0.3 is 10.5 Å². The molecule has 0 aromatic heterocycles. The summed E-state index contributed by atoms with van der Waals surface area (Å²) < 4.78 is 5.15. The Balaban J connectivity index is 2.37. The van der Waals surface area contributed by atoms with E-state index in [-0.39, 0.29) is 0 Å². The molecule has 0 aliphatic heterocycles. The van der Waals surface area contributed by atoms with Gasteiger partial charge in [0.2, 0.25) is 0 Å². The Morgan fingerprint density at radius 1 is 0.882 bits per heavy atom. The molecule has 0 saturated carbocycles. The van der Waals surface area contributed by atoms with Crippen LogP contribution in [-0.2, 0) is 5.54 Å². The molecule has 2 aromatic carbocycles. The molecule has 0 heterocycles. The number of hydrogen-bond acceptors (Lipinski definition) is 2. The maximum atomic E-state index is 6.41. The maximum Gasteiger partial charge on any atom is 0.118 e. The molecular formula is C15H17NO. The van der Waals surface area contributed by atoms with E-state index in [1.54, 1.807) is 7.11 Å². The Bertz CT molecular complexity index is 474. The van der Waals surface area contributed by atoms with Crippen molar-refractivity contribution in [2.45, 2.75) is 12.5 Å². The van der Waals surface area contributed by atoms with E-state index in [2.05, 4.69) is 0 Å². The van der Waals surface area contributed by atoms with Crippen molar-refractivity contribution in [3.05, 3.63) is 65.7 Å². The van der Waals surface area contributed by atoms with E-state index in [9.17, 15) is 0 Å². The molecule has 2 nitrogen and oxygen atoms in total. The van der Waals surface area contributed by atoms with Crippen LogP contribution in [0.15, 0.2) is 54.6 Å². The summed E-state index contributed by atoms with van der Waals surface area (Å²) in [6, 6.07) is 18.0. The van der Waals surface area contributed by atoms with Crippen LogP contribution in [0.25, 0.3) is 0 Å². The first-order valence-corrected chi connectivity index (χ1v) is 5.63. The van der Waals surface area contributed by atoms with Crippen LogP contribution in [0, 0.1) is 0 Å². The van der Waals surface area contributed by atoms with Crippen LogP contribution in [-0.4, -0.2) is 7.11 Å². The molecule has 1 atom stereocenters. The minimum absolute atomic E-state index is 0.479. The second-order valence-corrected chi connectivity index (χ2v) is 4.30. The van der Waals surface area contributed by atoms with Crippen molar-refractivity contribution in [3.63, 3.8) is 0 Å². The van der Waals surface area contributed by atoms with Crippen LogP contribution in [0.4, 0.5) is 0 Å². The summed E-state index contributed by atoms with van der Waals surface area (Å²) in [5.41, 5.74) is 8.11. The standard InChI is InChI=1S/C15H17NO/c1-15(16,12-6-4-3-5-7-12)13-8-10-14(17-2)11-9-13/h3-11H,16H2,1-2H3/t15-/m1/s1. The van der Waals surface area contributed by atoms with Crippen LogP contribution < -0.4 is 10.5 Å². The lowest BCUT2D eigenvalue weighted by Crippen LogP contribution is -2.34. The Labute approximate surface area is 102 Å². The van der Waals surface area contributed by atoms with Gasteiger partial charge in [0, 0.05) is 0 Å². The molecule has 2 N–H and O–H groups in total. The minimum atomic E-state index is -0.479. The Hall–Kier alpha value is -1.80. The highest BCUT2D eigenvalue weighted by atomic mass is 16.5. The third kappa shape index (κ3) is 2.32. The SMILES string of the molecule is COc1ccc([C@](C)(N)c2ccccc2)cc1. The lowest BCUT2D eigenvalue weighted by molar-refractivity contribution is 0.414. The lowest BCUT2D eigenvalue weighted by Gasteiger charge is -2.26. The summed E-state index contributed by atoms with van der Waals surface area (Å²) in [5, 5.41) is 0. The summed E-state index contributed by atoms with van der Waals surface area (Å²) in [6.07, 6.45) is 0. The number of hydrogen-bond donors (Lipinski definition) is 1. The molecule has 88 valence electrons. The van der Waals surface area contributed by atoms with Crippen molar-refractivity contribution in [2.75, 3.05) is 7.11 Å². The van der Waals surface area contributed by atoms with Gasteiger partial charge in [0.15, 0.2) is 0 Å². The van der Waals surface area contributed by atoms with Crippen molar-refractivity contribution >= 4 is 0 Å². The first-order chi connectivity index (χ1) is 8.14. The summed E-state index contributed by atoms with van der Waals surface area (Å²) in [4.78, 5) is 0. The molecule has 0 amide bonds. The van der Waals surface area contributed by atoms with Crippen molar-refractivity contribution in [2.24, 2.45) is 5.73 Å². The van der Waals surface area contributed by atoms with E-state index in [4.69, 9.17) is 10.5 Å². The molecule has 0 fully saturated rings. The summed E-state index contributed by atoms with van der Waals surface area (Å²) >= 11 is 0. The molecule has 0 saturated heterocycles. The highest BCUT2D eigenvalue weighted by Crippen LogP contribution is 2.27. The highest BCUT2D eigenvalue weighted by Gasteiger charge is 2.23. The van der Waals surface area contributed by atoms with Crippen molar-refractivity contribution in [1.29, 1.82) is 0 Å². The molecule has 2 heteroatoms. The van der Waals surface area contributed by atoms with Gasteiger partial charge in [-0.3, -0.25) is 0 Å². The highest BCUT2D eigenvalue weighted by molar-refractivity contribution is 5.39. The predicted octanol–water partition coefficient (Wildman–Crippen LogP) is 2.92. The number of ether oxygens (including phenoxy) is 1. The fraction of sp³-hybridized carbons (Fsp3) is 0.200. The van der Waals surface area contributed by atoms with Gasteiger partial charge in [-0.15, -0.1) is 0 Å². The fourth-order valence-corrected chi connectivity index (χ4v) is 1.89. The monoisotopic (exact) mass is 227 g/mol. The molecule has 2 rings (SSSR count). The Morgan fingerprint density at radius 3 is 1.94 bits per heavy atom. The summed E-state index contributed by atoms with van der Waals surface area (Å²) in [6.45, 7) is 2.02. The molecule has 0 bridgehead atoms. The van der Waals surface area contributed by atoms with E-state index in [0.717, 1.165) is 16.9 Å². The molecular weight excluding hydrogens is 210 g/mol. The van der Waals surface area contributed by atoms with E-state index in [0.29, 0.717) is 0 Å². The average molecular weight is 227 g/mol. The Morgan fingerprint density at radius 2 is 1.41 bits per heavy atom. The molecule has 0 aliphatic carbocycles. The molecule has 17 heavy (non-hydrogen) atoms. The van der Waals surface area contributed by atoms with Crippen LogP contribution in [0.1, 0.15) is 18.1 Å². The first kappa shape index (κ1) is 11.7. The smallest absolute Gasteiger partial charge is 0.118 e. The van der Waals surface area contributed by atoms with Gasteiger partial charge in [-0.25, -0.2) is 0 Å². The number of benzene rings is 2. The van der Waals surface area contributed by atoms with Crippen LogP contribution in [0.5, 0.6) is 5.75 Å². The quantitative estimate of drug-likeness (QED) is 0.875. The van der Waals surface area contributed by atoms with E-state index < -0.39 is 5.54 Å². The zero-order valence-corrected chi connectivity index (χ0v) is 10.2. The number of methoxy groups -OCH3 is 1. The minimum Gasteiger partial charge on any atom is -0.497 e. The Kier molecular flexibility index (Phi) is 3.16. The topological polar surface area (TPSA) is 35.2 Å². The molecule has 0 aliphatic rings. The van der Waals surface area contributed by atoms with Gasteiger partial charge in [-0.1, -0.05) is 42.5 Å². The second kappa shape index (κ2) is 4.60. The van der Waals surface area contributed by atoms with Crippen LogP contribution >= 0.6 is 0 Å². The van der Waals surface area contributed by atoms with Crippen LogP contribution in [0.2, 0.25) is 0 Å². The van der Waals surface area contributed by atoms with E-state index >= 15 is 0 Å². The first-order valence-electron chi connectivity index (χ1n) is 5.63. The van der Waals surface area contributed by atoms with Crippen molar-refractivity contribution in [1.82, 2.24) is 0 Å². The predicted molar refractivity (Wildman–Crippen MR) is 70.1 cm³/mol. The zero-order valence-electron chi connectivity index (χ0n) is 10.2. The van der Waals surface area contributed by atoms with Crippen molar-refractivity contribution < 1.29 is 4.74 Å². The maximum absolute atomic E-state index is 6.41. The largest absolute Gasteiger partial charge is 0.497 e. The molecule has 0 spiro atoms. The molecule has 2 aromatic rings. The zero-order chi connectivity index (χ0) is 12.3. The molecule has 0 unspecified atom stereocenters.